The first kappa shape index (κ1) is 12.6. The molecule has 0 aromatic heterocycles. The number of nitrogens with one attached hydrogen (secondary N) is 1. The fourth-order valence-corrected chi connectivity index (χ4v) is 1.39. The van der Waals surface area contributed by atoms with Crippen molar-refractivity contribution in [2.45, 2.75) is 6.92 Å². The van der Waals surface area contributed by atoms with Gasteiger partial charge in [-0.1, -0.05) is 11.6 Å². The number of nitrogens with zero attached hydrogens (tertiary/aromatic N) is 1. The van der Waals surface area contributed by atoms with Crippen LogP contribution < -0.4 is 11.1 Å². The van der Waals surface area contributed by atoms with Crippen LogP contribution in [0.3, 0.4) is 0 Å². The average molecular weight is 242 g/mol. The summed E-state index contributed by atoms with van der Waals surface area (Å²) >= 11 is 5.90. The number of aryl methyl sites for hydroxylation is 1. The molecule has 0 aliphatic rings. The van der Waals surface area contributed by atoms with Gasteiger partial charge in [-0.3, -0.25) is 4.79 Å². The first-order valence-electron chi connectivity index (χ1n) is 4.91. The molecular formula is C11H16ClN3O. The van der Waals surface area contributed by atoms with Gasteiger partial charge in [0.05, 0.1) is 17.3 Å². The van der Waals surface area contributed by atoms with Gasteiger partial charge >= 0.3 is 0 Å². The van der Waals surface area contributed by atoms with Crippen LogP contribution >= 0.6 is 11.6 Å². The maximum atomic E-state index is 11.4. The maximum absolute atomic E-state index is 11.4. The van der Waals surface area contributed by atoms with Crippen molar-refractivity contribution >= 4 is 28.9 Å². The lowest BCUT2D eigenvalue weighted by Crippen LogP contribution is -2.28. The number of amides is 1. The zero-order chi connectivity index (χ0) is 12.3. The molecule has 0 bridgehead atoms. The lowest BCUT2D eigenvalue weighted by molar-refractivity contribution is -0.126. The Morgan fingerprint density at radius 1 is 1.50 bits per heavy atom. The molecule has 0 saturated carbocycles. The molecule has 0 aliphatic heterocycles. The van der Waals surface area contributed by atoms with Crippen molar-refractivity contribution in [1.82, 2.24) is 4.90 Å². The van der Waals surface area contributed by atoms with Gasteiger partial charge in [0.25, 0.3) is 0 Å². The Bertz CT molecular complexity index is 404. The van der Waals surface area contributed by atoms with E-state index in [9.17, 15) is 4.79 Å². The minimum Gasteiger partial charge on any atom is -0.398 e. The summed E-state index contributed by atoms with van der Waals surface area (Å²) in [6.45, 7) is 2.16. The smallest absolute Gasteiger partial charge is 0.241 e. The molecule has 0 spiro atoms. The van der Waals surface area contributed by atoms with Crippen LogP contribution in [0.25, 0.3) is 0 Å². The molecule has 0 unspecified atom stereocenters. The van der Waals surface area contributed by atoms with Crippen molar-refractivity contribution in [2.24, 2.45) is 0 Å². The van der Waals surface area contributed by atoms with E-state index in [0.717, 1.165) is 11.3 Å². The van der Waals surface area contributed by atoms with Crippen LogP contribution in [0.15, 0.2) is 12.1 Å². The molecule has 1 aromatic rings. The Hall–Kier alpha value is -1.42. The molecule has 1 rings (SSSR count). The predicted molar refractivity (Wildman–Crippen MR) is 67.8 cm³/mol. The maximum Gasteiger partial charge on any atom is 0.241 e. The number of carbonyl (C=O) groups excluding carboxylic acids is 1. The van der Waals surface area contributed by atoms with Crippen LogP contribution in [0.1, 0.15) is 5.56 Å². The van der Waals surface area contributed by atoms with Gasteiger partial charge in [0.2, 0.25) is 5.91 Å². The number of likely N-dealkylation sites (N-methyl/N-ethyl adjacent to an activating group) is 1. The van der Waals surface area contributed by atoms with Crippen molar-refractivity contribution in [3.8, 4) is 0 Å². The Balaban J connectivity index is 2.75. The summed E-state index contributed by atoms with van der Waals surface area (Å²) in [5, 5.41) is 3.52. The van der Waals surface area contributed by atoms with Gasteiger partial charge in [0, 0.05) is 19.8 Å². The average Bonchev–Trinajstić information content (AvgIpc) is 2.20. The van der Waals surface area contributed by atoms with E-state index in [-0.39, 0.29) is 12.5 Å². The molecular weight excluding hydrogens is 226 g/mol. The van der Waals surface area contributed by atoms with Crippen molar-refractivity contribution in [3.63, 3.8) is 0 Å². The lowest BCUT2D eigenvalue weighted by Gasteiger charge is -2.14. The van der Waals surface area contributed by atoms with Gasteiger partial charge in [-0.15, -0.1) is 0 Å². The van der Waals surface area contributed by atoms with Crippen molar-refractivity contribution in [2.75, 3.05) is 31.7 Å². The van der Waals surface area contributed by atoms with E-state index in [1.807, 2.05) is 6.92 Å². The van der Waals surface area contributed by atoms with E-state index in [1.165, 1.54) is 4.90 Å². The summed E-state index contributed by atoms with van der Waals surface area (Å²) in [4.78, 5) is 12.9. The summed E-state index contributed by atoms with van der Waals surface area (Å²) in [5.74, 6) is 0.00680. The number of hydrogen-bond acceptors (Lipinski definition) is 3. The number of carbonyl (C=O) groups is 1. The fourth-order valence-electron chi connectivity index (χ4n) is 1.22. The summed E-state index contributed by atoms with van der Waals surface area (Å²) < 4.78 is 0. The Morgan fingerprint density at radius 3 is 2.69 bits per heavy atom. The molecule has 88 valence electrons. The van der Waals surface area contributed by atoms with Crippen LogP contribution in [0, 0.1) is 6.92 Å². The van der Waals surface area contributed by atoms with Crippen molar-refractivity contribution in [3.05, 3.63) is 22.7 Å². The van der Waals surface area contributed by atoms with E-state index in [4.69, 9.17) is 17.3 Å². The number of rotatable bonds is 3. The molecule has 0 heterocycles. The Morgan fingerprint density at radius 2 is 2.12 bits per heavy atom. The second-order valence-electron chi connectivity index (χ2n) is 3.83. The number of hydrogen-bond donors (Lipinski definition) is 2. The quantitative estimate of drug-likeness (QED) is 0.793. The standard InChI is InChI=1S/C11H16ClN3O/c1-7-4-9(13)8(12)5-10(7)14-6-11(16)15(2)3/h4-5,14H,6,13H2,1-3H3. The monoisotopic (exact) mass is 241 g/mol. The van der Waals surface area contributed by atoms with Gasteiger partial charge in [-0.25, -0.2) is 0 Å². The van der Waals surface area contributed by atoms with E-state index in [1.54, 1.807) is 26.2 Å². The molecule has 16 heavy (non-hydrogen) atoms. The summed E-state index contributed by atoms with van der Waals surface area (Å²) in [6.07, 6.45) is 0. The summed E-state index contributed by atoms with van der Waals surface area (Å²) in [5.41, 5.74) is 8.00. The third kappa shape index (κ3) is 3.03. The molecule has 3 N–H and O–H groups in total. The van der Waals surface area contributed by atoms with Crippen LogP contribution in [-0.4, -0.2) is 31.4 Å². The van der Waals surface area contributed by atoms with Crippen molar-refractivity contribution < 1.29 is 4.79 Å². The van der Waals surface area contributed by atoms with Gasteiger partial charge in [-0.2, -0.15) is 0 Å². The van der Waals surface area contributed by atoms with E-state index < -0.39 is 0 Å². The Labute approximate surface area is 100 Å². The van der Waals surface area contributed by atoms with Crippen LogP contribution in [0.4, 0.5) is 11.4 Å². The SMILES string of the molecule is Cc1cc(N)c(Cl)cc1NCC(=O)N(C)C. The topological polar surface area (TPSA) is 58.4 Å². The van der Waals surface area contributed by atoms with Crippen LogP contribution in [0.5, 0.6) is 0 Å². The van der Waals surface area contributed by atoms with Crippen LogP contribution in [0.2, 0.25) is 5.02 Å². The highest BCUT2D eigenvalue weighted by Gasteiger charge is 2.06. The Kier molecular flexibility index (Phi) is 4.01. The van der Waals surface area contributed by atoms with Gasteiger partial charge in [0.15, 0.2) is 0 Å². The highest BCUT2D eigenvalue weighted by molar-refractivity contribution is 6.33. The molecule has 0 atom stereocenters. The van der Waals surface area contributed by atoms with Gasteiger partial charge < -0.3 is 16.0 Å². The minimum atomic E-state index is 0.00680. The third-order valence-corrected chi connectivity index (χ3v) is 2.60. The summed E-state index contributed by atoms with van der Waals surface area (Å²) in [7, 11) is 3.43. The number of benzene rings is 1. The van der Waals surface area contributed by atoms with E-state index in [2.05, 4.69) is 5.32 Å². The second kappa shape index (κ2) is 5.07. The first-order chi connectivity index (χ1) is 7.41. The largest absolute Gasteiger partial charge is 0.398 e. The number of halogens is 1. The molecule has 0 fully saturated rings. The molecule has 1 aromatic carbocycles. The fraction of sp³-hybridized carbons (Fsp3) is 0.364. The van der Waals surface area contributed by atoms with E-state index in [0.29, 0.717) is 10.7 Å². The highest BCUT2D eigenvalue weighted by Crippen LogP contribution is 2.26. The van der Waals surface area contributed by atoms with Gasteiger partial charge in [0.1, 0.15) is 0 Å². The predicted octanol–water partition coefficient (Wildman–Crippen LogP) is 1.73. The molecule has 0 radical (unpaired) electrons. The molecule has 5 heteroatoms. The lowest BCUT2D eigenvalue weighted by atomic mass is 10.2. The molecule has 1 amide bonds. The number of anilines is 2. The zero-order valence-corrected chi connectivity index (χ0v) is 10.4. The normalized spacial score (nSPS) is 10.0. The van der Waals surface area contributed by atoms with Crippen LogP contribution in [-0.2, 0) is 4.79 Å². The van der Waals surface area contributed by atoms with E-state index >= 15 is 0 Å². The number of nitrogens with two attached hydrogens (primary N) is 1. The molecule has 4 nitrogen and oxygen atoms in total. The van der Waals surface area contributed by atoms with Gasteiger partial charge in [-0.05, 0) is 24.6 Å². The minimum absolute atomic E-state index is 0.00680. The molecule has 0 saturated heterocycles. The third-order valence-electron chi connectivity index (χ3n) is 2.27. The van der Waals surface area contributed by atoms with Crippen molar-refractivity contribution in [1.29, 1.82) is 0 Å². The number of nitrogen functional groups attached to an aromatic ring is 1. The zero-order valence-electron chi connectivity index (χ0n) is 9.67. The molecule has 0 aliphatic carbocycles. The summed E-state index contributed by atoms with van der Waals surface area (Å²) in [6, 6.07) is 3.51. The first-order valence-corrected chi connectivity index (χ1v) is 5.29. The second-order valence-corrected chi connectivity index (χ2v) is 4.24. The highest BCUT2D eigenvalue weighted by atomic mass is 35.5.